The van der Waals surface area contributed by atoms with Crippen LogP contribution in [0.15, 0.2) is 53.5 Å². The third-order valence-electron chi connectivity index (χ3n) is 6.22. The first-order chi connectivity index (χ1) is 15.0. The lowest BCUT2D eigenvalue weighted by atomic mass is 10.1. The number of nitrogens with one attached hydrogen (secondary N) is 1. The van der Waals surface area contributed by atoms with Crippen molar-refractivity contribution in [3.63, 3.8) is 0 Å². The summed E-state index contributed by atoms with van der Waals surface area (Å²) in [6.45, 7) is 0. The molecule has 5 rings (SSSR count). The average Bonchev–Trinajstić information content (AvgIpc) is 3.38. The molecule has 1 amide bonds. The molecule has 31 heavy (non-hydrogen) atoms. The molecule has 0 atom stereocenters. The molecule has 1 saturated carbocycles. The predicted octanol–water partition coefficient (Wildman–Crippen LogP) is 5.14. The van der Waals surface area contributed by atoms with Crippen LogP contribution in [-0.4, -0.2) is 15.0 Å². The molecule has 0 unspecified atom stereocenters. The van der Waals surface area contributed by atoms with Gasteiger partial charge in [-0.2, -0.15) is 0 Å². The van der Waals surface area contributed by atoms with Gasteiger partial charge in [-0.1, -0.05) is 31.0 Å². The summed E-state index contributed by atoms with van der Waals surface area (Å²) in [7, 11) is 1.81. The normalized spacial score (nSPS) is 14.5. The maximum Gasteiger partial charge on any atom is 0.275 e. The molecular formula is C24H21F2N3O2. The number of rotatable bonds is 3. The number of carbonyl (C=O) groups excluding carboxylic acids is 1. The van der Waals surface area contributed by atoms with E-state index in [0.717, 1.165) is 48.7 Å². The van der Waals surface area contributed by atoms with Crippen molar-refractivity contribution < 1.29 is 13.6 Å². The molecule has 2 aromatic carbocycles. The zero-order valence-corrected chi connectivity index (χ0v) is 17.0. The zero-order valence-electron chi connectivity index (χ0n) is 17.0. The van der Waals surface area contributed by atoms with E-state index >= 15 is 0 Å². The summed E-state index contributed by atoms with van der Waals surface area (Å²) in [6.07, 6.45) is 5.43. The number of halogens is 2. The number of nitrogens with zero attached hydrogens (tertiary/aromatic N) is 2. The van der Waals surface area contributed by atoms with Gasteiger partial charge in [-0.05, 0) is 31.0 Å². The number of hydrogen-bond donors (Lipinski definition) is 1. The molecule has 4 aromatic rings. The van der Waals surface area contributed by atoms with Crippen LogP contribution in [0.2, 0.25) is 0 Å². The zero-order chi connectivity index (χ0) is 21.7. The third-order valence-corrected chi connectivity index (χ3v) is 6.22. The van der Waals surface area contributed by atoms with E-state index in [1.54, 1.807) is 10.8 Å². The summed E-state index contributed by atoms with van der Waals surface area (Å²) in [5.41, 5.74) is 1.33. The number of fused-ring (bicyclic) bond motifs is 3. The van der Waals surface area contributed by atoms with Gasteiger partial charge in [0.2, 0.25) is 0 Å². The number of aryl methyl sites for hydroxylation is 1. The fourth-order valence-corrected chi connectivity index (χ4v) is 4.71. The highest BCUT2D eigenvalue weighted by molar-refractivity contribution is 6.20. The van der Waals surface area contributed by atoms with E-state index in [2.05, 4.69) is 5.32 Å². The molecule has 1 aliphatic rings. The van der Waals surface area contributed by atoms with E-state index in [9.17, 15) is 18.4 Å². The van der Waals surface area contributed by atoms with Gasteiger partial charge in [0.15, 0.2) is 0 Å². The Bertz CT molecular complexity index is 1400. The Kier molecular flexibility index (Phi) is 4.61. The number of anilines is 1. The molecule has 0 radical (unpaired) electrons. The molecule has 1 N–H and O–H groups in total. The predicted molar refractivity (Wildman–Crippen MR) is 117 cm³/mol. The van der Waals surface area contributed by atoms with Crippen LogP contribution in [0.25, 0.3) is 21.8 Å². The lowest BCUT2D eigenvalue weighted by Gasteiger charge is -2.17. The van der Waals surface area contributed by atoms with Crippen LogP contribution in [0.5, 0.6) is 0 Å². The number of benzene rings is 2. The number of carbonyl (C=O) groups is 1. The monoisotopic (exact) mass is 421 g/mol. The maximum absolute atomic E-state index is 14.2. The minimum Gasteiger partial charge on any atom is -0.339 e. The maximum atomic E-state index is 14.2. The number of para-hydroxylation sites is 1. The molecule has 1 fully saturated rings. The molecule has 1 aliphatic carbocycles. The number of aromatic nitrogens is 2. The Morgan fingerprint density at radius 1 is 1.10 bits per heavy atom. The van der Waals surface area contributed by atoms with Crippen molar-refractivity contribution in [1.82, 2.24) is 9.13 Å². The minimum absolute atomic E-state index is 0.0315. The fraction of sp³-hybridized carbons (Fsp3) is 0.250. The first kappa shape index (κ1) is 19.5. The summed E-state index contributed by atoms with van der Waals surface area (Å²) in [4.78, 5) is 26.7. The molecule has 0 aliphatic heterocycles. The highest BCUT2D eigenvalue weighted by Gasteiger charge is 2.25. The first-order valence-electron chi connectivity index (χ1n) is 10.3. The van der Waals surface area contributed by atoms with Crippen molar-refractivity contribution in [2.75, 3.05) is 5.32 Å². The molecule has 0 saturated heterocycles. The van der Waals surface area contributed by atoms with Crippen LogP contribution >= 0.6 is 0 Å². The van der Waals surface area contributed by atoms with Crippen LogP contribution in [0, 0.1) is 11.6 Å². The standard InChI is InChI=1S/C24H21F2N3O2/c1-28-20-9-5-4-8-16(20)21-17(23(30)27-19-11-10-14(25)12-18(19)26)13-29(24(31)22(21)28)15-6-2-3-7-15/h4-5,8-13,15H,2-3,6-7H2,1H3,(H,27,30). The fourth-order valence-electron chi connectivity index (χ4n) is 4.71. The number of amides is 1. The Labute approximate surface area is 176 Å². The van der Waals surface area contributed by atoms with Crippen molar-refractivity contribution >= 4 is 33.4 Å². The summed E-state index contributed by atoms with van der Waals surface area (Å²) in [6, 6.07) is 10.5. The second kappa shape index (κ2) is 7.34. The van der Waals surface area contributed by atoms with Crippen molar-refractivity contribution in [3.05, 3.63) is 76.2 Å². The van der Waals surface area contributed by atoms with Gasteiger partial charge in [-0.15, -0.1) is 0 Å². The van der Waals surface area contributed by atoms with E-state index in [0.29, 0.717) is 16.5 Å². The molecule has 7 heteroatoms. The number of hydrogen-bond acceptors (Lipinski definition) is 2. The molecule has 0 bridgehead atoms. The molecule has 158 valence electrons. The van der Waals surface area contributed by atoms with Gasteiger partial charge in [0, 0.05) is 41.6 Å². The second-order valence-corrected chi connectivity index (χ2v) is 8.07. The molecule has 5 nitrogen and oxygen atoms in total. The average molecular weight is 421 g/mol. The van der Waals surface area contributed by atoms with E-state index in [-0.39, 0.29) is 17.3 Å². The van der Waals surface area contributed by atoms with Gasteiger partial charge < -0.3 is 14.5 Å². The topological polar surface area (TPSA) is 56.0 Å². The van der Waals surface area contributed by atoms with Crippen LogP contribution in [0.3, 0.4) is 0 Å². The summed E-state index contributed by atoms with van der Waals surface area (Å²) in [5.74, 6) is -2.12. The highest BCUT2D eigenvalue weighted by Crippen LogP contribution is 2.33. The van der Waals surface area contributed by atoms with E-state index in [1.807, 2.05) is 35.9 Å². The molecule has 2 heterocycles. The summed E-state index contributed by atoms with van der Waals surface area (Å²) in [5, 5.41) is 3.87. The van der Waals surface area contributed by atoms with Gasteiger partial charge in [0.1, 0.15) is 17.2 Å². The van der Waals surface area contributed by atoms with Crippen molar-refractivity contribution in [3.8, 4) is 0 Å². The quantitative estimate of drug-likeness (QED) is 0.498. The van der Waals surface area contributed by atoms with Gasteiger partial charge in [0.25, 0.3) is 11.5 Å². The van der Waals surface area contributed by atoms with Crippen LogP contribution < -0.4 is 10.9 Å². The minimum atomic E-state index is -0.855. The van der Waals surface area contributed by atoms with Crippen LogP contribution in [0.1, 0.15) is 42.1 Å². The van der Waals surface area contributed by atoms with Gasteiger partial charge in [0.05, 0.1) is 11.3 Å². The van der Waals surface area contributed by atoms with E-state index < -0.39 is 17.5 Å². The highest BCUT2D eigenvalue weighted by atomic mass is 19.1. The lowest BCUT2D eigenvalue weighted by molar-refractivity contribution is 0.102. The summed E-state index contributed by atoms with van der Waals surface area (Å²) >= 11 is 0. The molecule has 2 aromatic heterocycles. The number of pyridine rings is 1. The first-order valence-corrected chi connectivity index (χ1v) is 10.3. The van der Waals surface area contributed by atoms with Crippen molar-refractivity contribution in [2.24, 2.45) is 7.05 Å². The van der Waals surface area contributed by atoms with Crippen molar-refractivity contribution in [2.45, 2.75) is 31.7 Å². The van der Waals surface area contributed by atoms with Crippen LogP contribution in [-0.2, 0) is 7.05 Å². The Morgan fingerprint density at radius 2 is 1.84 bits per heavy atom. The van der Waals surface area contributed by atoms with Crippen LogP contribution in [0.4, 0.5) is 14.5 Å². The summed E-state index contributed by atoms with van der Waals surface area (Å²) < 4.78 is 30.9. The third kappa shape index (κ3) is 3.12. The Morgan fingerprint density at radius 3 is 2.58 bits per heavy atom. The van der Waals surface area contributed by atoms with Gasteiger partial charge in [-0.25, -0.2) is 8.78 Å². The Hall–Kier alpha value is -3.48. The van der Waals surface area contributed by atoms with Crippen molar-refractivity contribution in [1.29, 1.82) is 0 Å². The lowest BCUT2D eigenvalue weighted by Crippen LogP contribution is -2.27. The van der Waals surface area contributed by atoms with E-state index in [1.165, 1.54) is 6.07 Å². The second-order valence-electron chi connectivity index (χ2n) is 8.07. The molecule has 0 spiro atoms. The smallest absolute Gasteiger partial charge is 0.275 e. The largest absolute Gasteiger partial charge is 0.339 e. The Balaban J connectivity index is 1.75. The van der Waals surface area contributed by atoms with Gasteiger partial charge >= 0.3 is 0 Å². The van der Waals surface area contributed by atoms with Gasteiger partial charge in [-0.3, -0.25) is 9.59 Å². The molecular weight excluding hydrogens is 400 g/mol. The SMILES string of the molecule is Cn1c2ccccc2c2c(C(=O)Nc3ccc(F)cc3F)cn(C3CCCC3)c(=O)c21. The van der Waals surface area contributed by atoms with E-state index in [4.69, 9.17) is 0 Å².